The fourth-order valence-electron chi connectivity index (χ4n) is 1.43. The summed E-state index contributed by atoms with van der Waals surface area (Å²) in [5, 5.41) is 2.53. The lowest BCUT2D eigenvalue weighted by Gasteiger charge is -2.03. The Morgan fingerprint density at radius 2 is 1.71 bits per heavy atom. The molecule has 0 N–H and O–H groups in total. The van der Waals surface area contributed by atoms with Crippen molar-refractivity contribution in [3.05, 3.63) is 41.7 Å². The second-order valence-corrected chi connectivity index (χ2v) is 3.10. The largest absolute Gasteiger partial charge is 0.264 e. The maximum atomic E-state index is 4.08. The topological polar surface area (TPSA) is 12.9 Å². The number of nitrogens with zero attached hydrogens (tertiary/aromatic N) is 1. The van der Waals surface area contributed by atoms with Crippen LogP contribution in [0.15, 0.2) is 30.6 Å². The zero-order valence-corrected chi connectivity index (χ0v) is 9.33. The van der Waals surface area contributed by atoms with Gasteiger partial charge >= 0.3 is 0 Å². The lowest BCUT2D eigenvalue weighted by Crippen LogP contribution is -1.83. The molecule has 0 unspecified atom stereocenters. The van der Waals surface area contributed by atoms with Crippen LogP contribution in [0.25, 0.3) is 10.8 Å². The molecular formula is C13H17N. The van der Waals surface area contributed by atoms with Gasteiger partial charge in [-0.1, -0.05) is 26.0 Å². The fourth-order valence-corrected chi connectivity index (χ4v) is 1.43. The van der Waals surface area contributed by atoms with Crippen molar-refractivity contribution in [2.24, 2.45) is 0 Å². The zero-order chi connectivity index (χ0) is 10.6. The molecule has 0 bridgehead atoms. The Kier molecular flexibility index (Phi) is 3.63. The van der Waals surface area contributed by atoms with E-state index in [2.05, 4.69) is 37.0 Å². The molecule has 74 valence electrons. The van der Waals surface area contributed by atoms with Crippen LogP contribution in [0.3, 0.4) is 0 Å². The highest BCUT2D eigenvalue weighted by Crippen LogP contribution is 2.19. The van der Waals surface area contributed by atoms with Gasteiger partial charge in [-0.15, -0.1) is 0 Å². The van der Waals surface area contributed by atoms with Gasteiger partial charge < -0.3 is 0 Å². The van der Waals surface area contributed by atoms with Gasteiger partial charge in [0.1, 0.15) is 0 Å². The predicted molar refractivity (Wildman–Crippen MR) is 62.6 cm³/mol. The normalized spacial score (nSPS) is 9.43. The number of hydrogen-bond donors (Lipinski definition) is 0. The third kappa shape index (κ3) is 1.92. The third-order valence-electron chi connectivity index (χ3n) is 2.36. The fraction of sp³-hybridized carbons (Fsp3) is 0.308. The Balaban J connectivity index is 0.000000461. The van der Waals surface area contributed by atoms with Gasteiger partial charge in [-0.2, -0.15) is 0 Å². The molecule has 0 saturated carbocycles. The minimum Gasteiger partial charge on any atom is -0.264 e. The number of aromatic nitrogens is 1. The van der Waals surface area contributed by atoms with E-state index < -0.39 is 0 Å². The highest BCUT2D eigenvalue weighted by Gasteiger charge is 1.97. The maximum absolute atomic E-state index is 4.08. The van der Waals surface area contributed by atoms with Crippen LogP contribution in [0.5, 0.6) is 0 Å². The summed E-state index contributed by atoms with van der Waals surface area (Å²) in [6, 6.07) is 6.32. The van der Waals surface area contributed by atoms with Gasteiger partial charge in [-0.05, 0) is 36.4 Å². The highest BCUT2D eigenvalue weighted by molar-refractivity contribution is 5.85. The summed E-state index contributed by atoms with van der Waals surface area (Å²) in [6.07, 6.45) is 3.75. The van der Waals surface area contributed by atoms with Crippen LogP contribution in [0.2, 0.25) is 0 Å². The highest BCUT2D eigenvalue weighted by atomic mass is 14.6. The third-order valence-corrected chi connectivity index (χ3v) is 2.36. The molecular weight excluding hydrogens is 170 g/mol. The second kappa shape index (κ2) is 4.75. The molecule has 1 aromatic carbocycles. The standard InChI is InChI=1S/C11H11N.C2H6/c1-8-3-4-10-7-12-6-5-11(10)9(8)2;1-2/h3-7H,1-2H3;1-2H3. The van der Waals surface area contributed by atoms with E-state index in [4.69, 9.17) is 0 Å². The predicted octanol–water partition coefficient (Wildman–Crippen LogP) is 3.88. The van der Waals surface area contributed by atoms with Gasteiger partial charge in [0.25, 0.3) is 0 Å². The molecule has 0 atom stereocenters. The molecule has 1 nitrogen and oxygen atoms in total. The summed E-state index contributed by atoms with van der Waals surface area (Å²) >= 11 is 0. The van der Waals surface area contributed by atoms with Crippen LogP contribution in [-0.2, 0) is 0 Å². The molecule has 2 rings (SSSR count). The van der Waals surface area contributed by atoms with E-state index in [-0.39, 0.29) is 0 Å². The van der Waals surface area contributed by atoms with Crippen LogP contribution >= 0.6 is 0 Å². The second-order valence-electron chi connectivity index (χ2n) is 3.10. The van der Waals surface area contributed by atoms with Gasteiger partial charge in [0.15, 0.2) is 0 Å². The average molecular weight is 187 g/mol. The first kappa shape index (κ1) is 10.7. The van der Waals surface area contributed by atoms with Crippen molar-refractivity contribution < 1.29 is 0 Å². The quantitative estimate of drug-likeness (QED) is 0.610. The minimum atomic E-state index is 1.22. The molecule has 0 saturated heterocycles. The van der Waals surface area contributed by atoms with E-state index in [1.165, 1.54) is 21.9 Å². The van der Waals surface area contributed by atoms with Crippen LogP contribution in [0, 0.1) is 13.8 Å². The smallest absolute Gasteiger partial charge is 0.0346 e. The van der Waals surface area contributed by atoms with E-state index in [1.807, 2.05) is 26.2 Å². The van der Waals surface area contributed by atoms with E-state index in [0.29, 0.717) is 0 Å². The Morgan fingerprint density at radius 1 is 1.00 bits per heavy atom. The first-order chi connectivity index (χ1) is 6.79. The van der Waals surface area contributed by atoms with Crippen molar-refractivity contribution in [2.75, 3.05) is 0 Å². The number of benzene rings is 1. The lowest BCUT2D eigenvalue weighted by molar-refractivity contribution is 1.33. The van der Waals surface area contributed by atoms with E-state index in [9.17, 15) is 0 Å². The van der Waals surface area contributed by atoms with Crippen LogP contribution in [-0.4, -0.2) is 4.98 Å². The Labute approximate surface area is 85.8 Å². The summed E-state index contributed by atoms with van der Waals surface area (Å²) in [6.45, 7) is 8.28. The number of hydrogen-bond acceptors (Lipinski definition) is 1. The summed E-state index contributed by atoms with van der Waals surface area (Å²) < 4.78 is 0. The molecule has 0 aliphatic carbocycles. The van der Waals surface area contributed by atoms with Crippen molar-refractivity contribution >= 4 is 10.8 Å². The first-order valence-corrected chi connectivity index (χ1v) is 5.09. The summed E-state index contributed by atoms with van der Waals surface area (Å²) in [4.78, 5) is 4.08. The van der Waals surface area contributed by atoms with Crippen molar-refractivity contribution in [3.63, 3.8) is 0 Å². The molecule has 0 aliphatic rings. The number of aryl methyl sites for hydroxylation is 2. The molecule has 14 heavy (non-hydrogen) atoms. The van der Waals surface area contributed by atoms with Crippen LogP contribution in [0.1, 0.15) is 25.0 Å². The molecule has 2 aromatic rings. The van der Waals surface area contributed by atoms with Gasteiger partial charge in [-0.25, -0.2) is 0 Å². The SMILES string of the molecule is CC.Cc1ccc2cnccc2c1C. The molecule has 0 fully saturated rings. The van der Waals surface area contributed by atoms with E-state index in [0.717, 1.165) is 0 Å². The van der Waals surface area contributed by atoms with Crippen LogP contribution < -0.4 is 0 Å². The summed E-state index contributed by atoms with van der Waals surface area (Å²) in [5.41, 5.74) is 2.70. The molecule has 0 amide bonds. The molecule has 1 heteroatoms. The number of rotatable bonds is 0. The molecule has 0 aliphatic heterocycles. The summed E-state index contributed by atoms with van der Waals surface area (Å²) in [7, 11) is 0. The molecule has 1 heterocycles. The maximum Gasteiger partial charge on any atom is 0.0346 e. The van der Waals surface area contributed by atoms with Crippen molar-refractivity contribution in [3.8, 4) is 0 Å². The van der Waals surface area contributed by atoms with E-state index >= 15 is 0 Å². The Bertz CT molecular complexity index is 419. The number of pyridine rings is 1. The van der Waals surface area contributed by atoms with Gasteiger partial charge in [0, 0.05) is 17.8 Å². The monoisotopic (exact) mass is 187 g/mol. The van der Waals surface area contributed by atoms with E-state index in [1.54, 1.807) is 0 Å². The van der Waals surface area contributed by atoms with Gasteiger partial charge in [0.2, 0.25) is 0 Å². The Hall–Kier alpha value is -1.37. The zero-order valence-electron chi connectivity index (χ0n) is 9.33. The Morgan fingerprint density at radius 3 is 2.43 bits per heavy atom. The lowest BCUT2D eigenvalue weighted by atomic mass is 10.0. The molecule has 0 spiro atoms. The number of fused-ring (bicyclic) bond motifs is 1. The van der Waals surface area contributed by atoms with Crippen LogP contribution in [0.4, 0.5) is 0 Å². The molecule has 1 aromatic heterocycles. The van der Waals surface area contributed by atoms with Gasteiger partial charge in [0.05, 0.1) is 0 Å². The average Bonchev–Trinajstić information content (AvgIpc) is 2.27. The van der Waals surface area contributed by atoms with Crippen molar-refractivity contribution in [2.45, 2.75) is 27.7 Å². The first-order valence-electron chi connectivity index (χ1n) is 5.09. The minimum absolute atomic E-state index is 1.22. The molecule has 0 radical (unpaired) electrons. The van der Waals surface area contributed by atoms with Gasteiger partial charge in [-0.3, -0.25) is 4.98 Å². The van der Waals surface area contributed by atoms with Crippen molar-refractivity contribution in [1.29, 1.82) is 0 Å². The summed E-state index contributed by atoms with van der Waals surface area (Å²) in [5.74, 6) is 0. The van der Waals surface area contributed by atoms with Crippen molar-refractivity contribution in [1.82, 2.24) is 4.98 Å².